The maximum atomic E-state index is 12.4. The van der Waals surface area contributed by atoms with Gasteiger partial charge in [0, 0.05) is 31.0 Å². The normalized spacial score (nSPS) is 14.5. The zero-order chi connectivity index (χ0) is 16.9. The molecule has 126 valence electrons. The maximum absolute atomic E-state index is 12.4. The molecule has 1 aliphatic rings. The highest BCUT2D eigenvalue weighted by molar-refractivity contribution is 5.96. The number of anilines is 1. The Balaban J connectivity index is 2.09. The molecular formula is C17H20N4O3. The lowest BCUT2D eigenvalue weighted by molar-refractivity contribution is 0.0524. The Morgan fingerprint density at radius 2 is 1.96 bits per heavy atom. The fourth-order valence-electron chi connectivity index (χ4n) is 2.63. The molecule has 7 heteroatoms. The molecule has 0 atom stereocenters. The van der Waals surface area contributed by atoms with Crippen molar-refractivity contribution >= 4 is 11.8 Å². The number of aromatic nitrogens is 3. The van der Waals surface area contributed by atoms with Gasteiger partial charge in [0.15, 0.2) is 5.82 Å². The van der Waals surface area contributed by atoms with Gasteiger partial charge in [-0.2, -0.15) is 0 Å². The van der Waals surface area contributed by atoms with E-state index in [-0.39, 0.29) is 0 Å². The molecule has 1 aliphatic heterocycles. The Morgan fingerprint density at radius 1 is 1.25 bits per heavy atom. The van der Waals surface area contributed by atoms with Crippen LogP contribution in [0.1, 0.15) is 23.0 Å². The fourth-order valence-corrected chi connectivity index (χ4v) is 2.63. The smallest absolute Gasteiger partial charge is 0.343 e. The largest absolute Gasteiger partial charge is 0.462 e. The monoisotopic (exact) mass is 328 g/mol. The first kappa shape index (κ1) is 16.3. The lowest BCUT2D eigenvalue weighted by Crippen LogP contribution is -2.38. The standard InChI is InChI=1S/C17H20N4O3/c1-3-24-17(22)14-12(2)19-15(13-4-6-18-7-5-13)20-16(14)21-8-10-23-11-9-21/h4-7H,3,8-11H2,1-2H3. The number of carbonyl (C=O) groups excluding carboxylic acids is 1. The molecule has 3 rings (SSSR count). The molecule has 7 nitrogen and oxygen atoms in total. The predicted octanol–water partition coefficient (Wildman–Crippen LogP) is 1.86. The van der Waals surface area contributed by atoms with Crippen LogP contribution in [0, 0.1) is 6.92 Å². The highest BCUT2D eigenvalue weighted by atomic mass is 16.5. The number of hydrogen-bond acceptors (Lipinski definition) is 7. The molecule has 0 amide bonds. The minimum atomic E-state index is -0.391. The number of aryl methyl sites for hydroxylation is 1. The first-order valence-corrected chi connectivity index (χ1v) is 7.99. The Labute approximate surface area is 140 Å². The summed E-state index contributed by atoms with van der Waals surface area (Å²) in [6.07, 6.45) is 3.39. The van der Waals surface area contributed by atoms with Crippen molar-refractivity contribution in [3.63, 3.8) is 0 Å². The lowest BCUT2D eigenvalue weighted by atomic mass is 10.1. The zero-order valence-corrected chi connectivity index (χ0v) is 13.9. The van der Waals surface area contributed by atoms with Crippen LogP contribution >= 0.6 is 0 Å². The zero-order valence-electron chi connectivity index (χ0n) is 13.9. The number of ether oxygens (including phenoxy) is 2. The number of morpholine rings is 1. The molecule has 24 heavy (non-hydrogen) atoms. The molecule has 0 aromatic carbocycles. The predicted molar refractivity (Wildman–Crippen MR) is 89.0 cm³/mol. The first-order chi connectivity index (χ1) is 11.7. The molecule has 0 saturated carbocycles. The molecule has 0 unspecified atom stereocenters. The summed E-state index contributed by atoms with van der Waals surface area (Å²) in [6.45, 7) is 6.48. The van der Waals surface area contributed by atoms with Crippen LogP contribution in [0.3, 0.4) is 0 Å². The highest BCUT2D eigenvalue weighted by Gasteiger charge is 2.25. The molecular weight excluding hydrogens is 308 g/mol. The average molecular weight is 328 g/mol. The summed E-state index contributed by atoms with van der Waals surface area (Å²) in [6, 6.07) is 3.70. The van der Waals surface area contributed by atoms with E-state index in [4.69, 9.17) is 9.47 Å². The molecule has 0 aliphatic carbocycles. The van der Waals surface area contributed by atoms with Crippen LogP contribution in [0.4, 0.5) is 5.82 Å². The van der Waals surface area contributed by atoms with Crippen molar-refractivity contribution in [3.8, 4) is 11.4 Å². The van der Waals surface area contributed by atoms with Crippen molar-refractivity contribution in [2.45, 2.75) is 13.8 Å². The average Bonchev–Trinajstić information content (AvgIpc) is 2.62. The van der Waals surface area contributed by atoms with Gasteiger partial charge in [-0.25, -0.2) is 14.8 Å². The van der Waals surface area contributed by atoms with Gasteiger partial charge in [0.05, 0.1) is 25.5 Å². The summed E-state index contributed by atoms with van der Waals surface area (Å²) in [5.41, 5.74) is 1.89. The van der Waals surface area contributed by atoms with E-state index in [0.717, 1.165) is 5.56 Å². The van der Waals surface area contributed by atoms with Crippen LogP contribution in [-0.2, 0) is 9.47 Å². The van der Waals surface area contributed by atoms with E-state index in [1.54, 1.807) is 19.3 Å². The Hall–Kier alpha value is -2.54. The van der Waals surface area contributed by atoms with Crippen LogP contribution < -0.4 is 4.90 Å². The van der Waals surface area contributed by atoms with Gasteiger partial charge in [-0.1, -0.05) is 0 Å². The second kappa shape index (κ2) is 7.35. The number of esters is 1. The van der Waals surface area contributed by atoms with Crippen molar-refractivity contribution in [2.75, 3.05) is 37.8 Å². The molecule has 1 saturated heterocycles. The highest BCUT2D eigenvalue weighted by Crippen LogP contribution is 2.26. The van der Waals surface area contributed by atoms with E-state index in [0.29, 0.717) is 55.8 Å². The summed E-state index contributed by atoms with van der Waals surface area (Å²) in [7, 11) is 0. The van der Waals surface area contributed by atoms with Crippen LogP contribution in [-0.4, -0.2) is 53.8 Å². The lowest BCUT2D eigenvalue weighted by Gasteiger charge is -2.29. The van der Waals surface area contributed by atoms with Gasteiger partial charge < -0.3 is 14.4 Å². The van der Waals surface area contributed by atoms with Crippen LogP contribution in [0.5, 0.6) is 0 Å². The van der Waals surface area contributed by atoms with Gasteiger partial charge in [0.2, 0.25) is 0 Å². The molecule has 1 fully saturated rings. The van der Waals surface area contributed by atoms with Gasteiger partial charge in [0.1, 0.15) is 11.4 Å². The van der Waals surface area contributed by atoms with Gasteiger partial charge in [-0.05, 0) is 26.0 Å². The van der Waals surface area contributed by atoms with Crippen LogP contribution in [0.15, 0.2) is 24.5 Å². The van der Waals surface area contributed by atoms with E-state index < -0.39 is 5.97 Å². The summed E-state index contributed by atoms with van der Waals surface area (Å²) in [5, 5.41) is 0. The third-order valence-corrected chi connectivity index (χ3v) is 3.80. The quantitative estimate of drug-likeness (QED) is 0.793. The molecule has 0 spiro atoms. The number of hydrogen-bond donors (Lipinski definition) is 0. The number of carbonyl (C=O) groups is 1. The third-order valence-electron chi connectivity index (χ3n) is 3.80. The van der Waals surface area contributed by atoms with E-state index in [1.807, 2.05) is 19.1 Å². The molecule has 2 aromatic rings. The SMILES string of the molecule is CCOC(=O)c1c(C)nc(-c2ccncc2)nc1N1CCOCC1. The van der Waals surface area contributed by atoms with Crippen molar-refractivity contribution in [1.82, 2.24) is 15.0 Å². The van der Waals surface area contributed by atoms with E-state index in [1.165, 1.54) is 0 Å². The van der Waals surface area contributed by atoms with Crippen LogP contribution in [0.25, 0.3) is 11.4 Å². The van der Waals surface area contributed by atoms with Crippen molar-refractivity contribution in [2.24, 2.45) is 0 Å². The topological polar surface area (TPSA) is 77.4 Å². The molecule has 2 aromatic heterocycles. The molecule has 3 heterocycles. The fraction of sp³-hybridized carbons (Fsp3) is 0.412. The summed E-state index contributed by atoms with van der Waals surface area (Å²) in [5.74, 6) is 0.790. The van der Waals surface area contributed by atoms with E-state index in [9.17, 15) is 4.79 Å². The second-order valence-electron chi connectivity index (χ2n) is 5.39. The Bertz CT molecular complexity index is 715. The summed E-state index contributed by atoms with van der Waals surface area (Å²) < 4.78 is 10.6. The third kappa shape index (κ3) is 3.35. The van der Waals surface area contributed by atoms with Crippen molar-refractivity contribution in [3.05, 3.63) is 35.8 Å². The van der Waals surface area contributed by atoms with Gasteiger partial charge in [-0.3, -0.25) is 4.98 Å². The van der Waals surface area contributed by atoms with Gasteiger partial charge >= 0.3 is 5.97 Å². The number of rotatable bonds is 4. The maximum Gasteiger partial charge on any atom is 0.343 e. The van der Waals surface area contributed by atoms with E-state index in [2.05, 4.69) is 19.9 Å². The first-order valence-electron chi connectivity index (χ1n) is 7.99. The van der Waals surface area contributed by atoms with Crippen molar-refractivity contribution < 1.29 is 14.3 Å². The van der Waals surface area contributed by atoms with Crippen molar-refractivity contribution in [1.29, 1.82) is 0 Å². The van der Waals surface area contributed by atoms with Gasteiger partial charge in [-0.15, -0.1) is 0 Å². The second-order valence-corrected chi connectivity index (χ2v) is 5.39. The summed E-state index contributed by atoms with van der Waals surface area (Å²) >= 11 is 0. The Morgan fingerprint density at radius 3 is 2.62 bits per heavy atom. The van der Waals surface area contributed by atoms with Crippen LogP contribution in [0.2, 0.25) is 0 Å². The minimum Gasteiger partial charge on any atom is -0.462 e. The van der Waals surface area contributed by atoms with E-state index >= 15 is 0 Å². The molecule has 0 radical (unpaired) electrons. The number of pyridine rings is 1. The molecule has 0 N–H and O–H groups in total. The number of nitrogens with zero attached hydrogens (tertiary/aromatic N) is 4. The van der Waals surface area contributed by atoms with Gasteiger partial charge in [0.25, 0.3) is 0 Å². The summed E-state index contributed by atoms with van der Waals surface area (Å²) in [4.78, 5) is 27.6. The molecule has 0 bridgehead atoms. The minimum absolute atomic E-state index is 0.312. The Kier molecular flexibility index (Phi) is 5.00.